The van der Waals surface area contributed by atoms with Gasteiger partial charge in [-0.1, -0.05) is 32.4 Å². The number of anilines is 1. The minimum Gasteiger partial charge on any atom is -0.366 e. The van der Waals surface area contributed by atoms with Crippen molar-refractivity contribution in [3.05, 3.63) is 24.0 Å². The molecular formula is C17H24ClN7O. The van der Waals surface area contributed by atoms with Gasteiger partial charge in [0.05, 0.1) is 0 Å². The summed E-state index contributed by atoms with van der Waals surface area (Å²) >= 11 is 6.43. The Hall–Kier alpha value is -2.22. The number of aromatic nitrogens is 5. The van der Waals surface area contributed by atoms with Crippen molar-refractivity contribution >= 4 is 23.3 Å². The quantitative estimate of drug-likeness (QED) is 0.880. The number of halogens is 1. The molecule has 3 rings (SSSR count). The van der Waals surface area contributed by atoms with Crippen LogP contribution in [0.3, 0.4) is 0 Å². The first-order valence-corrected chi connectivity index (χ1v) is 9.11. The molecule has 1 fully saturated rings. The number of rotatable bonds is 4. The van der Waals surface area contributed by atoms with E-state index in [1.807, 2.05) is 4.90 Å². The molecule has 8 nitrogen and oxygen atoms in total. The molecule has 1 N–H and O–H groups in total. The van der Waals surface area contributed by atoms with Crippen LogP contribution in [-0.2, 0) is 4.79 Å². The van der Waals surface area contributed by atoms with Crippen LogP contribution in [0.5, 0.6) is 0 Å². The summed E-state index contributed by atoms with van der Waals surface area (Å²) in [5.74, 6) is 1.29. The van der Waals surface area contributed by atoms with E-state index < -0.39 is 0 Å². The number of nitrogens with zero attached hydrogens (tertiary/aromatic N) is 6. The second-order valence-electron chi connectivity index (χ2n) is 7.74. The second-order valence-corrected chi connectivity index (χ2v) is 8.11. The van der Waals surface area contributed by atoms with Gasteiger partial charge in [-0.15, -0.1) is 0 Å². The zero-order valence-corrected chi connectivity index (χ0v) is 16.1. The highest BCUT2D eigenvalue weighted by Crippen LogP contribution is 2.27. The van der Waals surface area contributed by atoms with Gasteiger partial charge in [-0.05, 0) is 18.3 Å². The van der Waals surface area contributed by atoms with Crippen LogP contribution in [0.1, 0.15) is 40.0 Å². The van der Waals surface area contributed by atoms with E-state index in [0.29, 0.717) is 23.1 Å². The Morgan fingerprint density at radius 1 is 1.27 bits per heavy atom. The SMILES string of the molecule is CC(C)(C)CC(=O)N1CCC(Nc2ncnc(-n3cncn3)c2Cl)CC1. The van der Waals surface area contributed by atoms with Gasteiger partial charge in [-0.2, -0.15) is 5.10 Å². The Labute approximate surface area is 158 Å². The lowest BCUT2D eigenvalue weighted by Gasteiger charge is -2.34. The molecule has 1 amide bonds. The van der Waals surface area contributed by atoms with Crippen molar-refractivity contribution < 1.29 is 4.79 Å². The molecule has 1 aliphatic heterocycles. The number of carbonyl (C=O) groups is 1. The zero-order chi connectivity index (χ0) is 18.7. The van der Waals surface area contributed by atoms with Crippen molar-refractivity contribution in [2.45, 2.75) is 46.1 Å². The largest absolute Gasteiger partial charge is 0.366 e. The Morgan fingerprint density at radius 2 is 2.00 bits per heavy atom. The van der Waals surface area contributed by atoms with Crippen molar-refractivity contribution in [2.24, 2.45) is 5.41 Å². The number of carbonyl (C=O) groups excluding carboxylic acids is 1. The van der Waals surface area contributed by atoms with Crippen LogP contribution in [0.2, 0.25) is 5.02 Å². The number of amides is 1. The van der Waals surface area contributed by atoms with Gasteiger partial charge in [0, 0.05) is 25.6 Å². The van der Waals surface area contributed by atoms with E-state index in [1.54, 1.807) is 0 Å². The summed E-state index contributed by atoms with van der Waals surface area (Å²) in [7, 11) is 0. The van der Waals surface area contributed by atoms with Crippen molar-refractivity contribution in [1.82, 2.24) is 29.6 Å². The van der Waals surface area contributed by atoms with Crippen molar-refractivity contribution in [3.63, 3.8) is 0 Å². The summed E-state index contributed by atoms with van der Waals surface area (Å²) in [6, 6.07) is 0.213. The second kappa shape index (κ2) is 7.57. The third-order valence-electron chi connectivity index (χ3n) is 4.28. The first-order chi connectivity index (χ1) is 12.3. The number of piperidine rings is 1. The van der Waals surface area contributed by atoms with E-state index in [2.05, 4.69) is 46.1 Å². The third kappa shape index (κ3) is 4.49. The highest BCUT2D eigenvalue weighted by molar-refractivity contribution is 6.34. The molecule has 0 spiro atoms. The van der Waals surface area contributed by atoms with E-state index in [1.165, 1.54) is 23.7 Å². The fourth-order valence-corrected chi connectivity index (χ4v) is 3.21. The summed E-state index contributed by atoms with van der Waals surface area (Å²) in [5, 5.41) is 7.84. The highest BCUT2D eigenvalue weighted by Gasteiger charge is 2.26. The smallest absolute Gasteiger partial charge is 0.223 e. The van der Waals surface area contributed by atoms with Gasteiger partial charge < -0.3 is 10.2 Å². The normalized spacial score (nSPS) is 15.9. The van der Waals surface area contributed by atoms with E-state index in [4.69, 9.17) is 11.6 Å². The van der Waals surface area contributed by atoms with E-state index >= 15 is 0 Å². The van der Waals surface area contributed by atoms with Gasteiger partial charge >= 0.3 is 0 Å². The summed E-state index contributed by atoms with van der Waals surface area (Å²) in [6.07, 6.45) is 6.70. The topological polar surface area (TPSA) is 88.8 Å². The fraction of sp³-hybridized carbons (Fsp3) is 0.588. The Balaban J connectivity index is 1.60. The van der Waals surface area contributed by atoms with E-state index in [-0.39, 0.29) is 17.4 Å². The number of hydrogen-bond donors (Lipinski definition) is 1. The Bertz CT molecular complexity index is 749. The Morgan fingerprint density at radius 3 is 2.62 bits per heavy atom. The lowest BCUT2D eigenvalue weighted by molar-refractivity contribution is -0.134. The van der Waals surface area contributed by atoms with Crippen LogP contribution >= 0.6 is 11.6 Å². The van der Waals surface area contributed by atoms with Crippen molar-refractivity contribution in [1.29, 1.82) is 0 Å². The van der Waals surface area contributed by atoms with Crippen LogP contribution in [0, 0.1) is 5.41 Å². The lowest BCUT2D eigenvalue weighted by atomic mass is 9.91. The first kappa shape index (κ1) is 18.6. The summed E-state index contributed by atoms with van der Waals surface area (Å²) in [6.45, 7) is 7.74. The summed E-state index contributed by atoms with van der Waals surface area (Å²) in [4.78, 5) is 26.6. The van der Waals surface area contributed by atoms with Gasteiger partial charge in [-0.3, -0.25) is 4.79 Å². The average molecular weight is 378 g/mol. The monoisotopic (exact) mass is 377 g/mol. The molecule has 0 bridgehead atoms. The van der Waals surface area contributed by atoms with Crippen LogP contribution in [0.15, 0.2) is 19.0 Å². The van der Waals surface area contributed by atoms with Crippen LogP contribution < -0.4 is 5.32 Å². The molecule has 2 aromatic rings. The summed E-state index contributed by atoms with van der Waals surface area (Å²) < 4.78 is 1.50. The molecule has 0 unspecified atom stereocenters. The summed E-state index contributed by atoms with van der Waals surface area (Å²) in [5.41, 5.74) is 0.0123. The van der Waals surface area contributed by atoms with Gasteiger partial charge in [0.25, 0.3) is 0 Å². The van der Waals surface area contributed by atoms with Gasteiger partial charge in [0.15, 0.2) is 11.6 Å². The maximum atomic E-state index is 12.4. The van der Waals surface area contributed by atoms with Crippen molar-refractivity contribution in [2.75, 3.05) is 18.4 Å². The molecule has 3 heterocycles. The van der Waals surface area contributed by atoms with Gasteiger partial charge in [0.1, 0.15) is 24.0 Å². The first-order valence-electron chi connectivity index (χ1n) is 8.73. The highest BCUT2D eigenvalue weighted by atomic mass is 35.5. The molecule has 0 aliphatic carbocycles. The van der Waals surface area contributed by atoms with Crippen LogP contribution in [-0.4, -0.2) is 54.7 Å². The molecular weight excluding hydrogens is 354 g/mol. The lowest BCUT2D eigenvalue weighted by Crippen LogP contribution is -2.43. The fourth-order valence-electron chi connectivity index (χ4n) is 2.97. The molecule has 0 saturated carbocycles. The molecule has 26 heavy (non-hydrogen) atoms. The maximum Gasteiger partial charge on any atom is 0.223 e. The maximum absolute atomic E-state index is 12.4. The molecule has 2 aromatic heterocycles. The van der Waals surface area contributed by atoms with Crippen LogP contribution in [0.25, 0.3) is 5.82 Å². The number of likely N-dealkylation sites (tertiary alicyclic amines) is 1. The molecule has 1 aliphatic rings. The Kier molecular flexibility index (Phi) is 5.41. The molecule has 0 atom stereocenters. The third-order valence-corrected chi connectivity index (χ3v) is 4.62. The molecule has 0 radical (unpaired) electrons. The standard InChI is InChI=1S/C17H24ClN7O/c1-17(2,3)8-13(26)24-6-4-12(5-7-24)23-15-14(18)16(21-10-20-15)25-11-19-9-22-25/h9-12H,4-8H2,1-3H3,(H,20,21,23). The van der Waals surface area contributed by atoms with Crippen LogP contribution in [0.4, 0.5) is 5.82 Å². The van der Waals surface area contributed by atoms with Crippen molar-refractivity contribution in [3.8, 4) is 5.82 Å². The minimum absolute atomic E-state index is 0.0123. The molecule has 9 heteroatoms. The molecule has 140 valence electrons. The minimum atomic E-state index is 0.0123. The van der Waals surface area contributed by atoms with Gasteiger partial charge in [-0.25, -0.2) is 19.6 Å². The number of nitrogens with one attached hydrogen (secondary N) is 1. The van der Waals surface area contributed by atoms with E-state index in [0.717, 1.165) is 25.9 Å². The molecule has 1 saturated heterocycles. The zero-order valence-electron chi connectivity index (χ0n) is 15.3. The average Bonchev–Trinajstić information content (AvgIpc) is 3.10. The molecule has 0 aromatic carbocycles. The predicted molar refractivity (Wildman–Crippen MR) is 99.3 cm³/mol. The predicted octanol–water partition coefficient (Wildman–Crippen LogP) is 2.55. The van der Waals surface area contributed by atoms with Gasteiger partial charge in [0.2, 0.25) is 5.91 Å². The van der Waals surface area contributed by atoms with E-state index in [9.17, 15) is 4.79 Å². The number of hydrogen-bond acceptors (Lipinski definition) is 6.